The molecule has 0 aliphatic carbocycles. The average molecular weight is 393 g/mol. The molecule has 0 unspecified atom stereocenters. The molecule has 1 amide bonds. The highest BCUT2D eigenvalue weighted by molar-refractivity contribution is 7.13. The van der Waals surface area contributed by atoms with E-state index in [1.165, 1.54) is 4.88 Å². The highest BCUT2D eigenvalue weighted by atomic mass is 32.1. The van der Waals surface area contributed by atoms with Gasteiger partial charge in [0.25, 0.3) is 5.91 Å². The van der Waals surface area contributed by atoms with E-state index in [1.54, 1.807) is 35.6 Å². The van der Waals surface area contributed by atoms with Gasteiger partial charge in [0.05, 0.1) is 12.2 Å². The Morgan fingerprint density at radius 2 is 2.04 bits per heavy atom. The van der Waals surface area contributed by atoms with Crippen LogP contribution in [0.15, 0.2) is 57.1 Å². The number of carbonyl (C=O) groups is 1. The smallest absolute Gasteiger partial charge is 0.349 e. The second-order valence-electron chi connectivity index (χ2n) is 6.49. The molecule has 3 heterocycles. The summed E-state index contributed by atoms with van der Waals surface area (Å²) in [6.07, 6.45) is 0. The molecule has 6 nitrogen and oxygen atoms in total. The van der Waals surface area contributed by atoms with Crippen LogP contribution in [0.3, 0.4) is 0 Å². The van der Waals surface area contributed by atoms with Crippen molar-refractivity contribution in [2.45, 2.75) is 20.4 Å². The van der Waals surface area contributed by atoms with Crippen molar-refractivity contribution in [1.29, 1.82) is 0 Å². The van der Waals surface area contributed by atoms with Gasteiger partial charge >= 0.3 is 5.63 Å². The van der Waals surface area contributed by atoms with Crippen molar-refractivity contribution >= 4 is 28.2 Å². The summed E-state index contributed by atoms with van der Waals surface area (Å²) in [5, 5.41) is 10.1. The van der Waals surface area contributed by atoms with E-state index in [0.717, 1.165) is 17.0 Å². The zero-order valence-electron chi connectivity index (χ0n) is 15.6. The molecular formula is C21H19N3O3S. The van der Waals surface area contributed by atoms with Crippen LogP contribution >= 0.6 is 11.3 Å². The van der Waals surface area contributed by atoms with E-state index in [0.29, 0.717) is 24.1 Å². The van der Waals surface area contributed by atoms with Gasteiger partial charge in [-0.2, -0.15) is 5.10 Å². The van der Waals surface area contributed by atoms with Gasteiger partial charge in [0.1, 0.15) is 11.1 Å². The summed E-state index contributed by atoms with van der Waals surface area (Å²) in [5.74, 6) is -0.445. The number of hydrogen-bond donors (Lipinski definition) is 1. The summed E-state index contributed by atoms with van der Waals surface area (Å²) in [5.41, 5.74) is 2.99. The molecule has 0 atom stereocenters. The third kappa shape index (κ3) is 3.36. The summed E-state index contributed by atoms with van der Waals surface area (Å²) in [4.78, 5) is 25.7. The van der Waals surface area contributed by atoms with E-state index in [4.69, 9.17) is 4.42 Å². The minimum absolute atomic E-state index is 0.00587. The summed E-state index contributed by atoms with van der Waals surface area (Å²) in [7, 11) is 0. The fraction of sp³-hybridized carbons (Fsp3) is 0.190. The number of fused-ring (bicyclic) bond motifs is 1. The van der Waals surface area contributed by atoms with Gasteiger partial charge in [-0.05, 0) is 37.4 Å². The normalized spacial score (nSPS) is 11.1. The second-order valence-corrected chi connectivity index (χ2v) is 7.44. The molecule has 0 spiro atoms. The van der Waals surface area contributed by atoms with E-state index in [1.807, 2.05) is 36.0 Å². The van der Waals surface area contributed by atoms with E-state index in [-0.39, 0.29) is 5.56 Å². The van der Waals surface area contributed by atoms with Gasteiger partial charge in [0, 0.05) is 28.1 Å². The Labute approximate surface area is 165 Å². The number of amides is 1. The Morgan fingerprint density at radius 3 is 2.82 bits per heavy atom. The first-order valence-corrected chi connectivity index (χ1v) is 9.81. The van der Waals surface area contributed by atoms with Gasteiger partial charge in [0.15, 0.2) is 0 Å². The van der Waals surface area contributed by atoms with E-state index in [2.05, 4.69) is 16.5 Å². The largest absolute Gasteiger partial charge is 0.422 e. The first-order chi connectivity index (χ1) is 13.5. The highest BCUT2D eigenvalue weighted by Gasteiger charge is 2.16. The van der Waals surface area contributed by atoms with Crippen molar-refractivity contribution in [3.63, 3.8) is 0 Å². The molecule has 1 aromatic carbocycles. The second kappa shape index (κ2) is 7.44. The Balaban J connectivity index is 1.47. The Hall–Kier alpha value is -3.19. The van der Waals surface area contributed by atoms with Crippen molar-refractivity contribution in [1.82, 2.24) is 15.1 Å². The van der Waals surface area contributed by atoms with Crippen LogP contribution in [0.25, 0.3) is 21.4 Å². The fourth-order valence-corrected chi connectivity index (χ4v) is 4.16. The average Bonchev–Trinajstić information content (AvgIpc) is 3.29. The number of rotatable bonds is 5. The third-order valence-electron chi connectivity index (χ3n) is 4.64. The van der Waals surface area contributed by atoms with E-state index >= 15 is 0 Å². The maximum atomic E-state index is 12.4. The lowest BCUT2D eigenvalue weighted by Gasteiger charge is -2.07. The molecule has 0 aliphatic heterocycles. The minimum atomic E-state index is -0.637. The molecule has 1 N–H and O–H groups in total. The molecule has 0 radical (unpaired) electrons. The van der Waals surface area contributed by atoms with Crippen LogP contribution in [-0.4, -0.2) is 22.2 Å². The number of nitrogens with zero attached hydrogens (tertiary/aromatic N) is 2. The number of nitrogens with one attached hydrogen (secondary N) is 1. The summed E-state index contributed by atoms with van der Waals surface area (Å²) >= 11 is 1.68. The maximum Gasteiger partial charge on any atom is 0.349 e. The number of benzene rings is 1. The van der Waals surface area contributed by atoms with Crippen LogP contribution in [0.4, 0.5) is 0 Å². The lowest BCUT2D eigenvalue weighted by atomic mass is 10.1. The summed E-state index contributed by atoms with van der Waals surface area (Å²) < 4.78 is 7.11. The molecule has 0 saturated heterocycles. The number of para-hydroxylation sites is 1. The van der Waals surface area contributed by atoms with Crippen molar-refractivity contribution in [2.24, 2.45) is 0 Å². The van der Waals surface area contributed by atoms with Crippen LogP contribution in [0.2, 0.25) is 0 Å². The summed E-state index contributed by atoms with van der Waals surface area (Å²) in [6, 6.07) is 12.8. The molecule has 142 valence electrons. The zero-order valence-corrected chi connectivity index (χ0v) is 16.4. The van der Waals surface area contributed by atoms with E-state index < -0.39 is 11.5 Å². The maximum absolute atomic E-state index is 12.4. The number of carbonyl (C=O) groups excluding carboxylic acids is 1. The van der Waals surface area contributed by atoms with E-state index in [9.17, 15) is 9.59 Å². The zero-order chi connectivity index (χ0) is 19.7. The predicted octanol–water partition coefficient (Wildman–Crippen LogP) is 3.76. The van der Waals surface area contributed by atoms with Crippen LogP contribution < -0.4 is 10.9 Å². The van der Waals surface area contributed by atoms with Crippen molar-refractivity contribution < 1.29 is 9.21 Å². The lowest BCUT2D eigenvalue weighted by Crippen LogP contribution is -2.31. The number of thiophene rings is 1. The number of hydrogen-bond acceptors (Lipinski definition) is 5. The Bertz CT molecular complexity index is 1210. The SMILES string of the molecule is Cc1nn(CCNC(=O)c2cc3ccccc3oc2=O)c(C)c1-c1cccs1. The number of aromatic nitrogens is 2. The van der Waals surface area contributed by atoms with Gasteiger partial charge in [-0.25, -0.2) is 4.79 Å². The van der Waals surface area contributed by atoms with Gasteiger partial charge in [-0.15, -0.1) is 11.3 Å². The minimum Gasteiger partial charge on any atom is -0.422 e. The Kier molecular flexibility index (Phi) is 4.83. The number of aryl methyl sites for hydroxylation is 1. The molecule has 3 aromatic heterocycles. The molecule has 0 saturated carbocycles. The Morgan fingerprint density at radius 1 is 1.21 bits per heavy atom. The molecule has 4 aromatic rings. The third-order valence-corrected chi connectivity index (χ3v) is 5.53. The molecule has 0 aliphatic rings. The molecule has 4 rings (SSSR count). The topological polar surface area (TPSA) is 77.1 Å². The highest BCUT2D eigenvalue weighted by Crippen LogP contribution is 2.30. The monoisotopic (exact) mass is 393 g/mol. The van der Waals surface area contributed by atoms with Gasteiger partial charge in [-0.3, -0.25) is 9.48 Å². The fourth-order valence-electron chi connectivity index (χ4n) is 3.28. The molecular weight excluding hydrogens is 374 g/mol. The van der Waals surface area contributed by atoms with Crippen LogP contribution in [-0.2, 0) is 6.54 Å². The molecule has 0 fully saturated rings. The molecule has 7 heteroatoms. The van der Waals surface area contributed by atoms with Gasteiger partial charge in [0.2, 0.25) is 0 Å². The first-order valence-electron chi connectivity index (χ1n) is 8.93. The molecule has 0 bridgehead atoms. The van der Waals surface area contributed by atoms with Gasteiger partial charge in [-0.1, -0.05) is 24.3 Å². The van der Waals surface area contributed by atoms with Crippen LogP contribution in [0.1, 0.15) is 21.7 Å². The molecule has 28 heavy (non-hydrogen) atoms. The van der Waals surface area contributed by atoms with Gasteiger partial charge < -0.3 is 9.73 Å². The lowest BCUT2D eigenvalue weighted by molar-refractivity contribution is 0.0948. The first kappa shape index (κ1) is 18.2. The predicted molar refractivity (Wildman–Crippen MR) is 110 cm³/mol. The van der Waals surface area contributed by atoms with Crippen molar-refractivity contribution in [2.75, 3.05) is 6.54 Å². The van der Waals surface area contributed by atoms with Crippen molar-refractivity contribution in [3.05, 3.63) is 75.2 Å². The van der Waals surface area contributed by atoms with Crippen LogP contribution in [0.5, 0.6) is 0 Å². The standard InChI is InChI=1S/C21H19N3O3S/c1-13-19(18-8-5-11-28-18)14(2)24(23-13)10-9-22-20(25)16-12-15-6-3-4-7-17(15)27-21(16)26/h3-8,11-12H,9-10H2,1-2H3,(H,22,25). The summed E-state index contributed by atoms with van der Waals surface area (Å²) in [6.45, 7) is 4.88. The quantitative estimate of drug-likeness (QED) is 0.524. The van der Waals surface area contributed by atoms with Crippen molar-refractivity contribution in [3.8, 4) is 10.4 Å². The van der Waals surface area contributed by atoms with Crippen LogP contribution in [0, 0.1) is 13.8 Å².